The van der Waals surface area contributed by atoms with Crippen LogP contribution in [0.5, 0.6) is 0 Å². The first-order valence-corrected chi connectivity index (χ1v) is 5.03. The summed E-state index contributed by atoms with van der Waals surface area (Å²) >= 11 is 0. The van der Waals surface area contributed by atoms with Gasteiger partial charge in [-0.3, -0.25) is 0 Å². The average Bonchev–Trinajstić information content (AvgIpc) is 2.27. The number of amidine groups is 1. The molecule has 82 valence electrons. The molecule has 0 fully saturated rings. The number of nitrogens with zero attached hydrogens (tertiary/aromatic N) is 1. The summed E-state index contributed by atoms with van der Waals surface area (Å²) in [4.78, 5) is 0. The zero-order chi connectivity index (χ0) is 11.4. The minimum atomic E-state index is 0.140. The first-order valence-electron chi connectivity index (χ1n) is 5.03. The van der Waals surface area contributed by atoms with E-state index in [0.717, 1.165) is 35.2 Å². The maximum Gasteiger partial charge on any atom is 0.170 e. The molecule has 0 amide bonds. The molecule has 4 nitrogen and oxygen atoms in total. The summed E-state index contributed by atoms with van der Waals surface area (Å²) in [5, 5.41) is 11.7. The summed E-state index contributed by atoms with van der Waals surface area (Å²) < 4.78 is 0. The lowest BCUT2D eigenvalue weighted by Crippen LogP contribution is -2.17. The van der Waals surface area contributed by atoms with Crippen LogP contribution in [0.3, 0.4) is 0 Å². The highest BCUT2D eigenvalue weighted by Crippen LogP contribution is 2.22. The van der Waals surface area contributed by atoms with Crippen LogP contribution in [0, 0.1) is 0 Å². The first-order chi connectivity index (χ1) is 7.15. The number of nitrogen functional groups attached to an aromatic ring is 1. The molecule has 0 radical (unpaired) electrons. The molecule has 1 aromatic rings. The molecule has 1 aromatic carbocycles. The summed E-state index contributed by atoms with van der Waals surface area (Å²) in [5.74, 6) is 0.140. The lowest BCUT2D eigenvalue weighted by Gasteiger charge is -2.13. The van der Waals surface area contributed by atoms with Gasteiger partial charge in [0.1, 0.15) is 0 Å². The monoisotopic (exact) mass is 207 g/mol. The Morgan fingerprint density at radius 2 is 1.87 bits per heavy atom. The van der Waals surface area contributed by atoms with Gasteiger partial charge in [-0.25, -0.2) is 0 Å². The van der Waals surface area contributed by atoms with Gasteiger partial charge in [-0.1, -0.05) is 19.0 Å². The van der Waals surface area contributed by atoms with Crippen molar-refractivity contribution < 1.29 is 5.21 Å². The van der Waals surface area contributed by atoms with Gasteiger partial charge in [0.25, 0.3) is 0 Å². The molecule has 0 bridgehead atoms. The predicted octanol–water partition coefficient (Wildman–Crippen LogP) is 1.49. The van der Waals surface area contributed by atoms with Crippen molar-refractivity contribution in [1.82, 2.24) is 0 Å². The maximum atomic E-state index is 8.67. The number of anilines is 1. The van der Waals surface area contributed by atoms with Crippen molar-refractivity contribution in [3.05, 3.63) is 28.8 Å². The second-order valence-electron chi connectivity index (χ2n) is 3.35. The zero-order valence-electron chi connectivity index (χ0n) is 9.12. The van der Waals surface area contributed by atoms with E-state index in [9.17, 15) is 0 Å². The quantitative estimate of drug-likeness (QED) is 0.231. The number of benzene rings is 1. The van der Waals surface area contributed by atoms with E-state index in [0.29, 0.717) is 0 Å². The van der Waals surface area contributed by atoms with E-state index in [2.05, 4.69) is 5.16 Å². The number of rotatable bonds is 3. The van der Waals surface area contributed by atoms with E-state index in [1.165, 1.54) is 0 Å². The molecule has 0 atom stereocenters. The van der Waals surface area contributed by atoms with E-state index >= 15 is 0 Å². The van der Waals surface area contributed by atoms with Crippen LogP contribution < -0.4 is 11.5 Å². The normalized spacial score (nSPS) is 11.7. The highest BCUT2D eigenvalue weighted by atomic mass is 16.4. The molecule has 0 heterocycles. The lowest BCUT2D eigenvalue weighted by molar-refractivity contribution is 0.318. The van der Waals surface area contributed by atoms with Crippen molar-refractivity contribution in [2.24, 2.45) is 10.9 Å². The van der Waals surface area contributed by atoms with Crippen LogP contribution in [0.25, 0.3) is 0 Å². The third-order valence-electron chi connectivity index (χ3n) is 2.56. The van der Waals surface area contributed by atoms with Gasteiger partial charge in [-0.05, 0) is 36.1 Å². The fraction of sp³-hybridized carbons (Fsp3) is 0.364. The molecule has 15 heavy (non-hydrogen) atoms. The highest BCUT2D eigenvalue weighted by Gasteiger charge is 2.11. The molecule has 0 unspecified atom stereocenters. The van der Waals surface area contributed by atoms with Gasteiger partial charge in [0.05, 0.1) is 0 Å². The molecular weight excluding hydrogens is 190 g/mol. The fourth-order valence-corrected chi connectivity index (χ4v) is 1.83. The van der Waals surface area contributed by atoms with Crippen LogP contribution in [0.1, 0.15) is 30.5 Å². The standard InChI is InChI=1S/C11H17N3O/c1-3-7-8(4-2)10(12)6-5-9(7)11(13)14-15/h5-6,15H,3-4,12H2,1-2H3,(H2,13,14). The molecular formula is C11H17N3O. The van der Waals surface area contributed by atoms with E-state index < -0.39 is 0 Å². The van der Waals surface area contributed by atoms with Gasteiger partial charge < -0.3 is 16.7 Å². The Morgan fingerprint density at radius 3 is 2.33 bits per heavy atom. The topological polar surface area (TPSA) is 84.6 Å². The van der Waals surface area contributed by atoms with Gasteiger partial charge in [-0.15, -0.1) is 0 Å². The first kappa shape index (κ1) is 11.4. The number of oxime groups is 1. The largest absolute Gasteiger partial charge is 0.409 e. The highest BCUT2D eigenvalue weighted by molar-refractivity contribution is 5.99. The van der Waals surface area contributed by atoms with Gasteiger partial charge >= 0.3 is 0 Å². The maximum absolute atomic E-state index is 8.67. The Morgan fingerprint density at radius 1 is 1.27 bits per heavy atom. The smallest absolute Gasteiger partial charge is 0.170 e. The van der Waals surface area contributed by atoms with E-state index in [4.69, 9.17) is 16.7 Å². The van der Waals surface area contributed by atoms with Crippen molar-refractivity contribution >= 4 is 11.5 Å². The Kier molecular flexibility index (Phi) is 3.55. The summed E-state index contributed by atoms with van der Waals surface area (Å²) in [7, 11) is 0. The minimum Gasteiger partial charge on any atom is -0.409 e. The van der Waals surface area contributed by atoms with Gasteiger partial charge in [-0.2, -0.15) is 0 Å². The third-order valence-corrected chi connectivity index (χ3v) is 2.56. The summed E-state index contributed by atoms with van der Waals surface area (Å²) in [6.07, 6.45) is 1.67. The van der Waals surface area contributed by atoms with E-state index in [1.54, 1.807) is 12.1 Å². The molecule has 5 N–H and O–H groups in total. The second-order valence-corrected chi connectivity index (χ2v) is 3.35. The third kappa shape index (κ3) is 2.03. The summed E-state index contributed by atoms with van der Waals surface area (Å²) in [6, 6.07) is 3.59. The van der Waals surface area contributed by atoms with Crippen LogP contribution in [-0.4, -0.2) is 11.0 Å². The van der Waals surface area contributed by atoms with Crippen molar-refractivity contribution in [2.45, 2.75) is 26.7 Å². The molecule has 4 heteroatoms. The van der Waals surface area contributed by atoms with Crippen LogP contribution >= 0.6 is 0 Å². The molecule has 0 aliphatic carbocycles. The molecule has 0 saturated carbocycles. The van der Waals surface area contributed by atoms with Crippen LogP contribution in [0.15, 0.2) is 17.3 Å². The van der Waals surface area contributed by atoms with Crippen LogP contribution in [0.2, 0.25) is 0 Å². The van der Waals surface area contributed by atoms with Gasteiger partial charge in [0.15, 0.2) is 5.84 Å². The number of hydrogen-bond acceptors (Lipinski definition) is 3. The van der Waals surface area contributed by atoms with Crippen molar-refractivity contribution in [3.8, 4) is 0 Å². The Hall–Kier alpha value is -1.71. The Balaban J connectivity index is 3.42. The van der Waals surface area contributed by atoms with Crippen molar-refractivity contribution in [1.29, 1.82) is 0 Å². The average molecular weight is 207 g/mol. The Labute approximate surface area is 89.6 Å². The van der Waals surface area contributed by atoms with Crippen molar-refractivity contribution in [3.63, 3.8) is 0 Å². The lowest BCUT2D eigenvalue weighted by atomic mass is 9.95. The molecule has 0 aliphatic rings. The summed E-state index contributed by atoms with van der Waals surface area (Å²) in [5.41, 5.74) is 15.2. The molecule has 0 spiro atoms. The number of nitrogens with two attached hydrogens (primary N) is 2. The molecule has 0 aromatic heterocycles. The predicted molar refractivity (Wildman–Crippen MR) is 62.1 cm³/mol. The van der Waals surface area contributed by atoms with Gasteiger partial charge in [0, 0.05) is 11.3 Å². The number of hydrogen-bond donors (Lipinski definition) is 3. The SMILES string of the molecule is CCc1c(N)ccc(C(N)=NO)c1CC. The van der Waals surface area contributed by atoms with Crippen molar-refractivity contribution in [2.75, 3.05) is 5.73 Å². The fourth-order valence-electron chi connectivity index (χ4n) is 1.83. The second kappa shape index (κ2) is 4.68. The molecule has 0 aliphatic heterocycles. The molecule has 1 rings (SSSR count). The zero-order valence-corrected chi connectivity index (χ0v) is 9.12. The molecule has 0 saturated heterocycles. The van der Waals surface area contributed by atoms with Crippen LogP contribution in [-0.2, 0) is 12.8 Å². The van der Waals surface area contributed by atoms with E-state index in [1.807, 2.05) is 13.8 Å². The summed E-state index contributed by atoms with van der Waals surface area (Å²) in [6.45, 7) is 4.07. The minimum absolute atomic E-state index is 0.140. The van der Waals surface area contributed by atoms with Gasteiger partial charge in [0.2, 0.25) is 0 Å². The Bertz CT molecular complexity index is 386. The van der Waals surface area contributed by atoms with Crippen LogP contribution in [0.4, 0.5) is 5.69 Å². The van der Waals surface area contributed by atoms with E-state index in [-0.39, 0.29) is 5.84 Å².